The van der Waals surface area contributed by atoms with Crippen LogP contribution in [0.25, 0.3) is 5.65 Å². The van der Waals surface area contributed by atoms with Gasteiger partial charge in [0.1, 0.15) is 11.6 Å². The van der Waals surface area contributed by atoms with Crippen LogP contribution in [0.5, 0.6) is 0 Å². The highest BCUT2D eigenvalue weighted by molar-refractivity contribution is 7.92. The van der Waals surface area contributed by atoms with Crippen LogP contribution in [0.15, 0.2) is 30.3 Å². The normalized spacial score (nSPS) is 21.7. The largest absolute Gasteiger partial charge is 0.395 e. The van der Waals surface area contributed by atoms with Crippen LogP contribution >= 0.6 is 11.6 Å². The van der Waals surface area contributed by atoms with Gasteiger partial charge in [-0.15, -0.1) is 0 Å². The van der Waals surface area contributed by atoms with E-state index in [1.165, 1.54) is 12.1 Å². The minimum absolute atomic E-state index is 0.0339. The molecule has 3 N–H and O–H groups in total. The van der Waals surface area contributed by atoms with Crippen molar-refractivity contribution in [3.63, 3.8) is 0 Å². The van der Waals surface area contributed by atoms with E-state index >= 15 is 0 Å². The summed E-state index contributed by atoms with van der Waals surface area (Å²) in [7, 11) is -3.61. The smallest absolute Gasteiger partial charge is 0.256 e. The van der Waals surface area contributed by atoms with Crippen molar-refractivity contribution >= 4 is 50.5 Å². The highest BCUT2D eigenvalue weighted by Gasteiger charge is 2.33. The number of rotatable bonds is 7. The zero-order valence-electron chi connectivity index (χ0n) is 23.0. The van der Waals surface area contributed by atoms with Crippen LogP contribution in [0.1, 0.15) is 47.8 Å². The van der Waals surface area contributed by atoms with Gasteiger partial charge < -0.3 is 25.1 Å². The van der Waals surface area contributed by atoms with E-state index in [0.717, 1.165) is 75.4 Å². The van der Waals surface area contributed by atoms with Gasteiger partial charge in [-0.2, -0.15) is 9.61 Å². The molecule has 12 nitrogen and oxygen atoms in total. The summed E-state index contributed by atoms with van der Waals surface area (Å²) in [6.07, 6.45) is 4.67. The quantitative estimate of drug-likeness (QED) is 0.371. The first-order chi connectivity index (χ1) is 19.7. The van der Waals surface area contributed by atoms with Crippen molar-refractivity contribution in [1.29, 1.82) is 0 Å². The summed E-state index contributed by atoms with van der Waals surface area (Å²) in [5.74, 6) is 1.50. The summed E-state index contributed by atoms with van der Waals surface area (Å²) in [5, 5.41) is 18.5. The average molecular weight is 603 g/mol. The van der Waals surface area contributed by atoms with Crippen LogP contribution in [-0.2, 0) is 10.0 Å². The number of benzene rings is 1. The second kappa shape index (κ2) is 11.3. The molecule has 0 radical (unpaired) electrons. The third-order valence-electron chi connectivity index (χ3n) is 8.01. The number of aliphatic hydroxyl groups is 1. The first kappa shape index (κ1) is 28.0. The van der Waals surface area contributed by atoms with E-state index < -0.39 is 10.0 Å². The molecular weight excluding hydrogens is 568 g/mol. The number of piperidine rings is 1. The monoisotopic (exact) mass is 602 g/mol. The number of nitrogens with one attached hydrogen (secondary N) is 2. The van der Waals surface area contributed by atoms with Crippen LogP contribution in [0.4, 0.5) is 17.3 Å². The van der Waals surface area contributed by atoms with Crippen molar-refractivity contribution in [2.24, 2.45) is 0 Å². The average Bonchev–Trinajstić information content (AvgIpc) is 3.36. The number of carbonyl (C=O) groups is 1. The van der Waals surface area contributed by atoms with Gasteiger partial charge >= 0.3 is 0 Å². The Morgan fingerprint density at radius 3 is 2.68 bits per heavy atom. The fourth-order valence-electron chi connectivity index (χ4n) is 5.83. The van der Waals surface area contributed by atoms with Crippen molar-refractivity contribution < 1.29 is 18.3 Å². The number of halogens is 1. The van der Waals surface area contributed by atoms with Gasteiger partial charge in [-0.25, -0.2) is 13.4 Å². The van der Waals surface area contributed by atoms with Crippen molar-refractivity contribution in [1.82, 2.24) is 24.8 Å². The van der Waals surface area contributed by atoms with Crippen LogP contribution in [0.2, 0.25) is 5.02 Å². The topological polar surface area (TPSA) is 135 Å². The molecule has 41 heavy (non-hydrogen) atoms. The zero-order chi connectivity index (χ0) is 28.7. The number of piperazine rings is 1. The highest BCUT2D eigenvalue weighted by atomic mass is 35.5. The Morgan fingerprint density at radius 1 is 1.12 bits per heavy atom. The number of hydrogen-bond acceptors (Lipinski definition) is 9. The maximum absolute atomic E-state index is 14.0. The fraction of sp³-hybridized carbons (Fsp3) is 0.519. The standard InChI is InChI=1S/C27H35ClN8O4S/c1-41(39,40)32-21-7-6-18(28)13-20(21)27(38)35-11-3-2-5-23(35)22-14-25-30-24(33-9-4-10-33)15-26(36(25)31-22)34-12-8-29-19(16-34)17-37/h6-7,13-15,19,23,29,32,37H,2-5,8-12,16-17H2,1H3/t19-,23+/m1/s1. The molecule has 220 valence electrons. The van der Waals surface area contributed by atoms with E-state index in [-0.39, 0.29) is 35.8 Å². The first-order valence-electron chi connectivity index (χ1n) is 14.0. The number of aliphatic hydroxyl groups excluding tert-OH is 1. The molecule has 3 aliphatic heterocycles. The minimum Gasteiger partial charge on any atom is -0.395 e. The summed E-state index contributed by atoms with van der Waals surface area (Å²) in [5.41, 5.74) is 1.84. The predicted molar refractivity (Wildman–Crippen MR) is 158 cm³/mol. The lowest BCUT2D eigenvalue weighted by Crippen LogP contribution is -2.53. The minimum atomic E-state index is -3.61. The van der Waals surface area contributed by atoms with Crippen molar-refractivity contribution in [3.05, 3.63) is 46.6 Å². The number of sulfonamides is 1. The molecule has 14 heteroatoms. The van der Waals surface area contributed by atoms with Gasteiger partial charge in [-0.1, -0.05) is 11.6 Å². The molecule has 0 spiro atoms. The molecule has 3 aliphatic rings. The van der Waals surface area contributed by atoms with E-state index in [1.807, 2.05) is 10.6 Å². The van der Waals surface area contributed by atoms with Gasteiger partial charge in [0.15, 0.2) is 5.65 Å². The van der Waals surface area contributed by atoms with Crippen molar-refractivity contribution in [2.45, 2.75) is 37.8 Å². The number of hydrogen-bond donors (Lipinski definition) is 3. The number of likely N-dealkylation sites (tertiary alicyclic amines) is 1. The van der Waals surface area contributed by atoms with Crippen molar-refractivity contribution in [2.75, 3.05) is 66.7 Å². The Balaban J connectivity index is 1.38. The first-order valence-corrected chi connectivity index (χ1v) is 16.3. The molecule has 0 bridgehead atoms. The number of amides is 1. The fourth-order valence-corrected chi connectivity index (χ4v) is 6.58. The second-order valence-corrected chi connectivity index (χ2v) is 13.2. The Labute approximate surface area is 244 Å². The Bertz CT molecular complexity index is 1560. The Kier molecular flexibility index (Phi) is 7.70. The van der Waals surface area contributed by atoms with Gasteiger partial charge in [0.05, 0.1) is 35.8 Å². The lowest BCUT2D eigenvalue weighted by molar-refractivity contribution is 0.0607. The molecule has 3 fully saturated rings. The van der Waals surface area contributed by atoms with Gasteiger partial charge in [0.25, 0.3) is 5.91 Å². The predicted octanol–water partition coefficient (Wildman–Crippen LogP) is 2.10. The second-order valence-electron chi connectivity index (χ2n) is 11.0. The number of fused-ring (bicyclic) bond motifs is 1. The van der Waals surface area contributed by atoms with Crippen LogP contribution in [0.3, 0.4) is 0 Å². The molecule has 3 saturated heterocycles. The third kappa shape index (κ3) is 5.81. The lowest BCUT2D eigenvalue weighted by Gasteiger charge is -2.36. The molecule has 2 aromatic heterocycles. The maximum Gasteiger partial charge on any atom is 0.256 e. The number of aromatic nitrogens is 3. The molecular formula is C27H35ClN8O4S. The molecule has 1 aromatic carbocycles. The number of nitrogens with zero attached hydrogens (tertiary/aromatic N) is 6. The van der Waals surface area contributed by atoms with E-state index in [2.05, 4.69) is 25.9 Å². The molecule has 0 unspecified atom stereocenters. The van der Waals surface area contributed by atoms with Crippen LogP contribution in [0, 0.1) is 0 Å². The van der Waals surface area contributed by atoms with Gasteiger partial charge in [0.2, 0.25) is 10.0 Å². The molecule has 2 atom stereocenters. The van der Waals surface area contributed by atoms with Crippen LogP contribution in [-0.4, -0.2) is 97.1 Å². The third-order valence-corrected chi connectivity index (χ3v) is 8.83. The number of anilines is 3. The lowest BCUT2D eigenvalue weighted by atomic mass is 9.98. The summed E-state index contributed by atoms with van der Waals surface area (Å²) in [4.78, 5) is 25.1. The Morgan fingerprint density at radius 2 is 1.95 bits per heavy atom. The van der Waals surface area contributed by atoms with Gasteiger partial charge in [-0.05, 0) is 43.9 Å². The van der Waals surface area contributed by atoms with Gasteiger partial charge in [-0.3, -0.25) is 9.52 Å². The molecule has 6 rings (SSSR count). The van der Waals surface area contributed by atoms with E-state index in [9.17, 15) is 18.3 Å². The van der Waals surface area contributed by atoms with E-state index in [4.69, 9.17) is 21.7 Å². The summed E-state index contributed by atoms with van der Waals surface area (Å²) in [6.45, 7) is 4.63. The van der Waals surface area contributed by atoms with Crippen LogP contribution < -0.4 is 19.8 Å². The SMILES string of the molecule is CS(=O)(=O)Nc1ccc(Cl)cc1C(=O)N1CCCC[C@H]1c1cc2nc(N3CCC3)cc(N3CCN[C@@H](CO)C3)n2n1. The molecule has 0 saturated carbocycles. The van der Waals surface area contributed by atoms with Crippen molar-refractivity contribution in [3.8, 4) is 0 Å². The molecule has 1 amide bonds. The summed E-state index contributed by atoms with van der Waals surface area (Å²) >= 11 is 6.25. The highest BCUT2D eigenvalue weighted by Crippen LogP contribution is 2.35. The van der Waals surface area contributed by atoms with Gasteiger partial charge in [0, 0.05) is 62.5 Å². The summed E-state index contributed by atoms with van der Waals surface area (Å²) < 4.78 is 28.3. The van der Waals surface area contributed by atoms with E-state index in [1.54, 1.807) is 11.0 Å². The maximum atomic E-state index is 14.0. The Hall–Kier alpha value is -3.13. The van der Waals surface area contributed by atoms with E-state index in [0.29, 0.717) is 23.8 Å². The molecule has 5 heterocycles. The zero-order valence-corrected chi connectivity index (χ0v) is 24.5. The molecule has 0 aliphatic carbocycles. The number of carbonyl (C=O) groups excluding carboxylic acids is 1. The summed E-state index contributed by atoms with van der Waals surface area (Å²) in [6, 6.07) is 8.27. The molecule has 3 aromatic rings.